The van der Waals surface area contributed by atoms with Crippen LogP contribution in [0.2, 0.25) is 0 Å². The predicted molar refractivity (Wildman–Crippen MR) is 248 cm³/mol. The molecular weight excluding hydrogens is 762 g/mol. The molecule has 0 aliphatic heterocycles. The number of phosphoric ester groups is 1. The molecule has 0 heterocycles. The van der Waals surface area contributed by atoms with Crippen LogP contribution in [-0.2, 0) is 32.7 Å². The first-order valence-electron chi connectivity index (χ1n) is 25.2. The molecule has 0 aromatic heterocycles. The molecule has 1 unspecified atom stereocenters. The molecule has 0 saturated heterocycles. The van der Waals surface area contributed by atoms with Gasteiger partial charge in [-0.05, 0) is 38.5 Å². The SMILES string of the molecule is CCCCCC/C=C/CCCCCCCCCCCC(=O)OC[C@H](COP(=O)(O)OCCN)OC(=O)CCCCCCCCCCCCCCCCCCCCCCC. The van der Waals surface area contributed by atoms with Gasteiger partial charge in [-0.2, -0.15) is 0 Å². The normalized spacial score (nSPS) is 13.2. The summed E-state index contributed by atoms with van der Waals surface area (Å²) in [5, 5.41) is 0. The van der Waals surface area contributed by atoms with Gasteiger partial charge in [0.1, 0.15) is 6.61 Å². The number of carbonyl (C=O) groups excluding carboxylic acids is 2. The number of unbranched alkanes of at least 4 members (excludes halogenated alkanes) is 33. The van der Waals surface area contributed by atoms with E-state index in [1.54, 1.807) is 0 Å². The monoisotopic (exact) mass is 858 g/mol. The van der Waals surface area contributed by atoms with Crippen molar-refractivity contribution >= 4 is 19.8 Å². The van der Waals surface area contributed by atoms with Crippen LogP contribution >= 0.6 is 7.82 Å². The third-order valence-corrected chi connectivity index (χ3v) is 12.1. The van der Waals surface area contributed by atoms with E-state index in [-0.39, 0.29) is 38.6 Å². The van der Waals surface area contributed by atoms with Crippen molar-refractivity contribution in [2.45, 2.75) is 264 Å². The quantitative estimate of drug-likeness (QED) is 0.0265. The topological polar surface area (TPSA) is 134 Å². The fourth-order valence-corrected chi connectivity index (χ4v) is 8.16. The van der Waals surface area contributed by atoms with Gasteiger partial charge in [0, 0.05) is 19.4 Å². The molecule has 3 N–H and O–H groups in total. The van der Waals surface area contributed by atoms with E-state index >= 15 is 0 Å². The van der Waals surface area contributed by atoms with Gasteiger partial charge >= 0.3 is 19.8 Å². The van der Waals surface area contributed by atoms with Crippen molar-refractivity contribution < 1.29 is 37.6 Å². The van der Waals surface area contributed by atoms with E-state index in [4.69, 9.17) is 24.3 Å². The molecule has 0 aromatic rings. The molecule has 0 fully saturated rings. The summed E-state index contributed by atoms with van der Waals surface area (Å²) in [7, 11) is -4.38. The lowest BCUT2D eigenvalue weighted by molar-refractivity contribution is -0.161. The predicted octanol–water partition coefficient (Wildman–Crippen LogP) is 15.0. The van der Waals surface area contributed by atoms with Gasteiger partial charge < -0.3 is 20.1 Å². The summed E-state index contributed by atoms with van der Waals surface area (Å²) in [6, 6.07) is 0. The Morgan fingerprint density at radius 2 is 0.831 bits per heavy atom. The lowest BCUT2D eigenvalue weighted by atomic mass is 10.0. The molecule has 0 radical (unpaired) electrons. The minimum Gasteiger partial charge on any atom is -0.462 e. The zero-order valence-electron chi connectivity index (χ0n) is 38.8. The zero-order valence-corrected chi connectivity index (χ0v) is 39.7. The van der Waals surface area contributed by atoms with Crippen LogP contribution in [0.15, 0.2) is 12.2 Å². The second-order valence-corrected chi connectivity index (χ2v) is 18.5. The van der Waals surface area contributed by atoms with E-state index in [2.05, 4.69) is 26.0 Å². The van der Waals surface area contributed by atoms with Gasteiger partial charge in [0.05, 0.1) is 13.2 Å². The lowest BCUT2D eigenvalue weighted by Crippen LogP contribution is -2.29. The van der Waals surface area contributed by atoms with Gasteiger partial charge in [-0.25, -0.2) is 4.57 Å². The van der Waals surface area contributed by atoms with E-state index in [0.29, 0.717) is 6.42 Å². The largest absolute Gasteiger partial charge is 0.472 e. The van der Waals surface area contributed by atoms with Crippen LogP contribution in [0, 0.1) is 0 Å². The third kappa shape index (κ3) is 46.1. The highest BCUT2D eigenvalue weighted by atomic mass is 31.2. The van der Waals surface area contributed by atoms with Crippen LogP contribution < -0.4 is 5.73 Å². The molecule has 0 rings (SSSR count). The molecule has 350 valence electrons. The van der Waals surface area contributed by atoms with Crippen molar-refractivity contribution in [3.8, 4) is 0 Å². The van der Waals surface area contributed by atoms with Crippen LogP contribution in [0.1, 0.15) is 258 Å². The second-order valence-electron chi connectivity index (χ2n) is 17.0. The first kappa shape index (κ1) is 57.8. The number of allylic oxidation sites excluding steroid dienone is 2. The summed E-state index contributed by atoms with van der Waals surface area (Å²) in [6.07, 6.45) is 49.6. The molecule has 0 amide bonds. The highest BCUT2D eigenvalue weighted by Crippen LogP contribution is 2.43. The van der Waals surface area contributed by atoms with Crippen molar-refractivity contribution in [2.24, 2.45) is 5.73 Å². The van der Waals surface area contributed by atoms with Crippen LogP contribution in [0.4, 0.5) is 0 Å². The molecule has 0 aliphatic carbocycles. The third-order valence-electron chi connectivity index (χ3n) is 11.2. The first-order valence-corrected chi connectivity index (χ1v) is 26.7. The minimum atomic E-state index is -4.38. The van der Waals surface area contributed by atoms with Crippen molar-refractivity contribution in [3.63, 3.8) is 0 Å². The number of rotatable bonds is 48. The van der Waals surface area contributed by atoms with E-state index in [9.17, 15) is 19.0 Å². The van der Waals surface area contributed by atoms with Crippen molar-refractivity contribution in [2.75, 3.05) is 26.4 Å². The molecule has 59 heavy (non-hydrogen) atoms. The van der Waals surface area contributed by atoms with Crippen LogP contribution in [0.5, 0.6) is 0 Å². The summed E-state index contributed by atoms with van der Waals surface area (Å²) < 4.78 is 32.9. The Hall–Kier alpha value is -1.25. The highest BCUT2D eigenvalue weighted by molar-refractivity contribution is 7.47. The van der Waals surface area contributed by atoms with Crippen LogP contribution in [0.3, 0.4) is 0 Å². The summed E-state index contributed by atoms with van der Waals surface area (Å²) >= 11 is 0. The molecule has 9 nitrogen and oxygen atoms in total. The Morgan fingerprint density at radius 3 is 1.22 bits per heavy atom. The summed E-state index contributed by atoms with van der Waals surface area (Å²) in [4.78, 5) is 35.0. The minimum absolute atomic E-state index is 0.0564. The van der Waals surface area contributed by atoms with E-state index in [1.807, 2.05) is 0 Å². The lowest BCUT2D eigenvalue weighted by Gasteiger charge is -2.19. The Labute approximate surface area is 364 Å². The van der Waals surface area contributed by atoms with E-state index in [1.165, 1.54) is 193 Å². The molecule has 2 atom stereocenters. The van der Waals surface area contributed by atoms with Gasteiger partial charge in [-0.15, -0.1) is 0 Å². The fourth-order valence-electron chi connectivity index (χ4n) is 7.40. The second kappa shape index (κ2) is 46.3. The Bertz CT molecular complexity index is 980. The molecule has 10 heteroatoms. The Morgan fingerprint density at radius 1 is 0.492 bits per heavy atom. The number of nitrogens with two attached hydrogens (primary N) is 1. The maximum atomic E-state index is 12.6. The molecule has 0 saturated carbocycles. The van der Waals surface area contributed by atoms with E-state index < -0.39 is 26.5 Å². The molecule has 0 spiro atoms. The average Bonchev–Trinajstić information content (AvgIpc) is 3.22. The van der Waals surface area contributed by atoms with E-state index in [0.717, 1.165) is 32.1 Å². The summed E-state index contributed by atoms with van der Waals surface area (Å²) in [5.74, 6) is -0.815. The number of carbonyl (C=O) groups is 2. The smallest absolute Gasteiger partial charge is 0.462 e. The van der Waals surface area contributed by atoms with Gasteiger partial charge in [0.15, 0.2) is 6.10 Å². The number of hydrogen-bond acceptors (Lipinski definition) is 8. The number of ether oxygens (including phenoxy) is 2. The number of hydrogen-bond donors (Lipinski definition) is 2. The van der Waals surface area contributed by atoms with Crippen LogP contribution in [-0.4, -0.2) is 49.3 Å². The Balaban J connectivity index is 4.01. The summed E-state index contributed by atoms with van der Waals surface area (Å²) in [5.41, 5.74) is 5.36. The van der Waals surface area contributed by atoms with Crippen molar-refractivity contribution in [3.05, 3.63) is 12.2 Å². The Kier molecular flexibility index (Phi) is 45.3. The zero-order chi connectivity index (χ0) is 43.2. The van der Waals surface area contributed by atoms with Crippen LogP contribution in [0.25, 0.3) is 0 Å². The standard InChI is InChI=1S/C49H96NO8P/c1-3-5-7-9-11-13-15-17-19-21-22-23-24-26-28-30-32-34-36-38-40-42-49(52)58-47(46-57-59(53,54)56-44-43-50)45-55-48(51)41-39-37-35-33-31-29-27-25-20-18-16-14-12-10-8-6-4-2/h14,16,47H,3-13,15,17-46,50H2,1-2H3,(H,53,54)/b16-14+/t47-/m1/s1. The first-order chi connectivity index (χ1) is 28.8. The molecule has 0 bridgehead atoms. The fraction of sp³-hybridized carbons (Fsp3) is 0.918. The average molecular weight is 858 g/mol. The van der Waals surface area contributed by atoms with Crippen molar-refractivity contribution in [1.29, 1.82) is 0 Å². The maximum Gasteiger partial charge on any atom is 0.472 e. The van der Waals surface area contributed by atoms with Crippen molar-refractivity contribution in [1.82, 2.24) is 0 Å². The van der Waals surface area contributed by atoms with Gasteiger partial charge in [-0.3, -0.25) is 18.6 Å². The van der Waals surface area contributed by atoms with Gasteiger partial charge in [0.25, 0.3) is 0 Å². The molecule has 0 aliphatic rings. The van der Waals surface area contributed by atoms with Gasteiger partial charge in [0.2, 0.25) is 0 Å². The summed E-state index contributed by atoms with van der Waals surface area (Å²) in [6.45, 7) is 3.77. The molecular formula is C49H96NO8P. The van der Waals surface area contributed by atoms with Gasteiger partial charge in [-0.1, -0.05) is 219 Å². The number of esters is 2. The molecule has 0 aromatic carbocycles. The highest BCUT2D eigenvalue weighted by Gasteiger charge is 2.26. The number of phosphoric acid groups is 1. The maximum absolute atomic E-state index is 12.6.